The Morgan fingerprint density at radius 3 is 2.59 bits per heavy atom. The van der Waals surface area contributed by atoms with Gasteiger partial charge in [-0.05, 0) is 54.6 Å². The number of nitrogens with one attached hydrogen (secondary N) is 2. The maximum atomic E-state index is 11.5. The Bertz CT molecular complexity index is 930. The van der Waals surface area contributed by atoms with Crippen LogP contribution in [0.3, 0.4) is 0 Å². The number of nitrogens with zero attached hydrogens (tertiary/aromatic N) is 1. The third-order valence-corrected chi connectivity index (χ3v) is 3.83. The second kappa shape index (κ2) is 9.15. The summed E-state index contributed by atoms with van der Waals surface area (Å²) in [5.74, 6) is -0.220. The molecule has 0 saturated carbocycles. The number of anilines is 2. The lowest BCUT2D eigenvalue weighted by Crippen LogP contribution is -2.00. The number of carbonyl (C=O) groups is 1. The normalized spacial score (nSPS) is 11.3. The number of benzene rings is 2. The van der Waals surface area contributed by atoms with E-state index in [4.69, 9.17) is 0 Å². The monoisotopic (exact) mass is 363 g/mol. The van der Waals surface area contributed by atoms with Crippen molar-refractivity contribution in [2.75, 3.05) is 12.4 Å². The Balaban J connectivity index is 2.37. The van der Waals surface area contributed by atoms with Crippen molar-refractivity contribution in [3.63, 3.8) is 0 Å². The molecule has 138 valence electrons. The standard InChI is InChI=1S/C21H21N3O3/c1-4-16(8-6-12-22-3)18-7-5-9-19(13-18)23-20-11-10-17(15(2)25)14-21(20)24(26)27/h4-14,22-23H,1H2,2-3H3/b12-6-,16-8+. The molecule has 0 aromatic heterocycles. The largest absolute Gasteiger partial charge is 0.394 e. The number of hydrogen-bond acceptors (Lipinski definition) is 5. The van der Waals surface area contributed by atoms with E-state index in [9.17, 15) is 14.9 Å². The van der Waals surface area contributed by atoms with E-state index in [0.29, 0.717) is 16.9 Å². The molecule has 0 saturated heterocycles. The lowest BCUT2D eigenvalue weighted by Gasteiger charge is -2.10. The van der Waals surface area contributed by atoms with Crippen molar-refractivity contribution in [1.82, 2.24) is 5.32 Å². The minimum absolute atomic E-state index is 0.149. The summed E-state index contributed by atoms with van der Waals surface area (Å²) in [5, 5.41) is 17.3. The van der Waals surface area contributed by atoms with Gasteiger partial charge in [-0.15, -0.1) is 0 Å². The van der Waals surface area contributed by atoms with Gasteiger partial charge < -0.3 is 10.6 Å². The van der Waals surface area contributed by atoms with Gasteiger partial charge in [0.05, 0.1) is 4.92 Å². The Labute approximate surface area is 158 Å². The molecule has 2 aromatic carbocycles. The summed E-state index contributed by atoms with van der Waals surface area (Å²) in [6.07, 6.45) is 7.31. The first-order valence-electron chi connectivity index (χ1n) is 8.29. The van der Waals surface area contributed by atoms with Gasteiger partial charge in [0.15, 0.2) is 5.78 Å². The summed E-state index contributed by atoms with van der Waals surface area (Å²) in [4.78, 5) is 22.4. The SMILES string of the molecule is C=C/C(=C\C=C/NC)c1cccc(Nc2ccc(C(C)=O)cc2[N+](=O)[O-])c1. The minimum Gasteiger partial charge on any atom is -0.394 e. The van der Waals surface area contributed by atoms with E-state index in [1.165, 1.54) is 13.0 Å². The quantitative estimate of drug-likeness (QED) is 0.303. The van der Waals surface area contributed by atoms with Gasteiger partial charge in [0, 0.05) is 24.4 Å². The number of carbonyl (C=O) groups excluding carboxylic acids is 1. The van der Waals surface area contributed by atoms with Crippen molar-refractivity contribution in [1.29, 1.82) is 0 Å². The summed E-state index contributed by atoms with van der Waals surface area (Å²) < 4.78 is 0. The summed E-state index contributed by atoms with van der Waals surface area (Å²) in [6.45, 7) is 5.21. The van der Waals surface area contributed by atoms with E-state index < -0.39 is 4.92 Å². The zero-order valence-electron chi connectivity index (χ0n) is 15.2. The van der Waals surface area contributed by atoms with Gasteiger partial charge in [-0.2, -0.15) is 0 Å². The zero-order chi connectivity index (χ0) is 19.8. The summed E-state index contributed by atoms with van der Waals surface area (Å²) in [6, 6.07) is 11.9. The molecule has 0 spiro atoms. The van der Waals surface area contributed by atoms with E-state index in [0.717, 1.165) is 11.1 Å². The van der Waals surface area contributed by atoms with Crippen LogP contribution in [0.4, 0.5) is 17.1 Å². The van der Waals surface area contributed by atoms with Gasteiger partial charge in [0.1, 0.15) is 5.69 Å². The number of Topliss-reactive ketones (excluding diaryl/α,β-unsaturated/α-hetero) is 1. The number of ketones is 1. The molecule has 0 bridgehead atoms. The Kier molecular flexibility index (Phi) is 6.66. The molecule has 0 aliphatic heterocycles. The molecule has 0 aliphatic rings. The topological polar surface area (TPSA) is 84.3 Å². The molecule has 0 atom stereocenters. The van der Waals surface area contributed by atoms with Crippen LogP contribution in [0.15, 0.2) is 73.5 Å². The highest BCUT2D eigenvalue weighted by Gasteiger charge is 2.16. The van der Waals surface area contributed by atoms with E-state index >= 15 is 0 Å². The zero-order valence-corrected chi connectivity index (χ0v) is 15.2. The molecule has 0 heterocycles. The predicted octanol–water partition coefficient (Wildman–Crippen LogP) is 4.84. The second-order valence-electron chi connectivity index (χ2n) is 5.72. The molecule has 2 aromatic rings. The first-order chi connectivity index (χ1) is 13.0. The highest BCUT2D eigenvalue weighted by Crippen LogP contribution is 2.30. The van der Waals surface area contributed by atoms with Crippen LogP contribution in [0.25, 0.3) is 5.57 Å². The van der Waals surface area contributed by atoms with Crippen molar-refractivity contribution in [3.8, 4) is 0 Å². The van der Waals surface area contributed by atoms with Crippen molar-refractivity contribution in [3.05, 3.63) is 94.7 Å². The van der Waals surface area contributed by atoms with Crippen LogP contribution >= 0.6 is 0 Å². The predicted molar refractivity (Wildman–Crippen MR) is 109 cm³/mol. The first-order valence-corrected chi connectivity index (χ1v) is 8.29. The smallest absolute Gasteiger partial charge is 0.293 e. The summed E-state index contributed by atoms with van der Waals surface area (Å²) in [5.41, 5.74) is 2.99. The molecule has 0 fully saturated rings. The van der Waals surface area contributed by atoms with Gasteiger partial charge >= 0.3 is 0 Å². The number of rotatable bonds is 8. The fraction of sp³-hybridized carbons (Fsp3) is 0.0952. The number of nitro groups is 1. The molecule has 6 nitrogen and oxygen atoms in total. The Hall–Kier alpha value is -3.67. The van der Waals surface area contributed by atoms with Crippen LogP contribution in [-0.4, -0.2) is 17.8 Å². The van der Waals surface area contributed by atoms with Crippen molar-refractivity contribution in [2.24, 2.45) is 0 Å². The van der Waals surface area contributed by atoms with Crippen LogP contribution in [0.2, 0.25) is 0 Å². The van der Waals surface area contributed by atoms with Crippen LogP contribution in [-0.2, 0) is 0 Å². The Morgan fingerprint density at radius 1 is 1.19 bits per heavy atom. The Morgan fingerprint density at radius 2 is 1.96 bits per heavy atom. The lowest BCUT2D eigenvalue weighted by atomic mass is 10.0. The van der Waals surface area contributed by atoms with Crippen molar-refractivity contribution >= 4 is 28.4 Å². The summed E-state index contributed by atoms with van der Waals surface area (Å²) in [7, 11) is 1.81. The van der Waals surface area contributed by atoms with Crippen LogP contribution in [0.5, 0.6) is 0 Å². The second-order valence-corrected chi connectivity index (χ2v) is 5.72. The van der Waals surface area contributed by atoms with Crippen LogP contribution in [0.1, 0.15) is 22.8 Å². The molecular formula is C21H21N3O3. The molecular weight excluding hydrogens is 342 g/mol. The molecule has 0 unspecified atom stereocenters. The number of hydrogen-bond donors (Lipinski definition) is 2. The van der Waals surface area contributed by atoms with Gasteiger partial charge in [-0.1, -0.05) is 30.9 Å². The fourth-order valence-electron chi connectivity index (χ4n) is 2.47. The van der Waals surface area contributed by atoms with E-state index in [1.807, 2.05) is 43.5 Å². The first kappa shape index (κ1) is 19.7. The van der Waals surface area contributed by atoms with E-state index in [-0.39, 0.29) is 11.5 Å². The van der Waals surface area contributed by atoms with Gasteiger partial charge in [0.2, 0.25) is 0 Å². The van der Waals surface area contributed by atoms with Crippen LogP contribution < -0.4 is 10.6 Å². The maximum Gasteiger partial charge on any atom is 0.293 e. The average molecular weight is 363 g/mol. The highest BCUT2D eigenvalue weighted by molar-refractivity contribution is 5.95. The molecule has 2 N–H and O–H groups in total. The number of nitro benzene ring substituents is 1. The van der Waals surface area contributed by atoms with Crippen LogP contribution in [0, 0.1) is 10.1 Å². The molecule has 6 heteroatoms. The van der Waals surface area contributed by atoms with Gasteiger partial charge in [0.25, 0.3) is 5.69 Å². The molecule has 0 radical (unpaired) electrons. The lowest BCUT2D eigenvalue weighted by molar-refractivity contribution is -0.383. The summed E-state index contributed by atoms with van der Waals surface area (Å²) >= 11 is 0. The molecule has 0 aliphatic carbocycles. The van der Waals surface area contributed by atoms with Gasteiger partial charge in [-0.25, -0.2) is 0 Å². The third-order valence-electron chi connectivity index (χ3n) is 3.83. The van der Waals surface area contributed by atoms with Gasteiger partial charge in [-0.3, -0.25) is 14.9 Å². The maximum absolute atomic E-state index is 11.5. The molecule has 2 rings (SSSR count). The fourth-order valence-corrected chi connectivity index (χ4v) is 2.47. The van der Waals surface area contributed by atoms with E-state index in [1.54, 1.807) is 24.4 Å². The average Bonchev–Trinajstić information content (AvgIpc) is 2.65. The minimum atomic E-state index is -0.504. The highest BCUT2D eigenvalue weighted by atomic mass is 16.6. The number of allylic oxidation sites excluding steroid dienone is 4. The van der Waals surface area contributed by atoms with Crippen molar-refractivity contribution < 1.29 is 9.72 Å². The van der Waals surface area contributed by atoms with Crippen molar-refractivity contribution in [2.45, 2.75) is 6.92 Å². The molecule has 27 heavy (non-hydrogen) atoms. The van der Waals surface area contributed by atoms with E-state index in [2.05, 4.69) is 17.2 Å². The molecule has 0 amide bonds. The third kappa shape index (κ3) is 5.15.